The molecule has 1 aliphatic carbocycles. The summed E-state index contributed by atoms with van der Waals surface area (Å²) in [5.74, 6) is 0. The molecule has 2 rings (SSSR count). The number of aromatic nitrogens is 2. The highest BCUT2D eigenvalue weighted by Crippen LogP contribution is 2.25. The second kappa shape index (κ2) is 4.72. The number of aliphatic hydroxyl groups is 1. The Labute approximate surface area is 89.0 Å². The largest absolute Gasteiger partial charge is 0.395 e. The highest BCUT2D eigenvalue weighted by molar-refractivity contribution is 5.04. The Hall–Kier alpha value is -0.940. The minimum atomic E-state index is 0.195. The molecule has 1 aliphatic rings. The van der Waals surface area contributed by atoms with E-state index < -0.39 is 0 Å². The van der Waals surface area contributed by atoms with E-state index >= 15 is 0 Å². The summed E-state index contributed by atoms with van der Waals surface area (Å²) < 4.78 is 4.67. The van der Waals surface area contributed by atoms with Crippen molar-refractivity contribution in [2.75, 3.05) is 13.2 Å². The average Bonchev–Trinajstić information content (AvgIpc) is 2.49. The van der Waals surface area contributed by atoms with Gasteiger partial charge in [0.2, 0.25) is 0 Å². The molecule has 0 aliphatic heterocycles. The lowest BCUT2D eigenvalue weighted by Crippen LogP contribution is -2.41. The number of hydrogen-bond acceptors (Lipinski definition) is 5. The molecule has 1 aromatic rings. The predicted octanol–water partition coefficient (Wildman–Crippen LogP) is 0.725. The van der Waals surface area contributed by atoms with E-state index in [0.29, 0.717) is 12.6 Å². The van der Waals surface area contributed by atoms with Crippen molar-refractivity contribution in [1.29, 1.82) is 0 Å². The fourth-order valence-corrected chi connectivity index (χ4v) is 1.86. The van der Waals surface area contributed by atoms with Gasteiger partial charge in [-0.05, 0) is 19.8 Å². The summed E-state index contributed by atoms with van der Waals surface area (Å²) in [4.78, 5) is 2.26. The van der Waals surface area contributed by atoms with Gasteiger partial charge in [-0.25, -0.2) is 4.63 Å². The van der Waals surface area contributed by atoms with Crippen molar-refractivity contribution in [3.05, 3.63) is 11.4 Å². The molecule has 1 N–H and O–H groups in total. The summed E-state index contributed by atoms with van der Waals surface area (Å²) in [5, 5.41) is 16.6. The van der Waals surface area contributed by atoms with Crippen LogP contribution in [0.5, 0.6) is 0 Å². The summed E-state index contributed by atoms with van der Waals surface area (Å²) in [6, 6.07) is 0.605. The maximum absolute atomic E-state index is 9.00. The molecule has 1 heterocycles. The van der Waals surface area contributed by atoms with Crippen molar-refractivity contribution in [2.24, 2.45) is 0 Å². The van der Waals surface area contributed by atoms with Gasteiger partial charge in [-0.2, -0.15) is 0 Å². The Balaban J connectivity index is 1.96. The molecule has 1 fully saturated rings. The second-order valence-electron chi connectivity index (χ2n) is 4.08. The third kappa shape index (κ3) is 2.35. The van der Waals surface area contributed by atoms with Gasteiger partial charge in [0, 0.05) is 19.1 Å². The number of nitrogens with zero attached hydrogens (tertiary/aromatic N) is 3. The fraction of sp³-hybridized carbons (Fsp3) is 0.800. The van der Waals surface area contributed by atoms with Gasteiger partial charge in [-0.1, -0.05) is 16.7 Å². The molecule has 0 bridgehead atoms. The van der Waals surface area contributed by atoms with Crippen molar-refractivity contribution < 1.29 is 9.74 Å². The second-order valence-corrected chi connectivity index (χ2v) is 4.08. The van der Waals surface area contributed by atoms with Crippen LogP contribution < -0.4 is 0 Å². The number of aryl methyl sites for hydroxylation is 1. The van der Waals surface area contributed by atoms with Crippen molar-refractivity contribution in [2.45, 2.75) is 38.8 Å². The topological polar surface area (TPSA) is 62.4 Å². The van der Waals surface area contributed by atoms with Gasteiger partial charge in [0.25, 0.3) is 0 Å². The maximum atomic E-state index is 9.00. The van der Waals surface area contributed by atoms with Crippen molar-refractivity contribution in [3.8, 4) is 0 Å². The zero-order valence-electron chi connectivity index (χ0n) is 9.02. The smallest absolute Gasteiger partial charge is 0.122 e. The molecule has 5 nitrogen and oxygen atoms in total. The molecule has 0 aromatic carbocycles. The molecular formula is C10H17N3O2. The number of hydrogen-bond donors (Lipinski definition) is 1. The first-order valence-corrected chi connectivity index (χ1v) is 5.44. The van der Waals surface area contributed by atoms with Crippen LogP contribution in [-0.2, 0) is 6.54 Å². The fourth-order valence-electron chi connectivity index (χ4n) is 1.86. The van der Waals surface area contributed by atoms with Crippen LogP contribution in [0.1, 0.15) is 30.7 Å². The first kappa shape index (κ1) is 10.6. The van der Waals surface area contributed by atoms with Crippen LogP contribution in [0.2, 0.25) is 0 Å². The van der Waals surface area contributed by atoms with Gasteiger partial charge in [0.15, 0.2) is 0 Å². The van der Waals surface area contributed by atoms with Crippen molar-refractivity contribution in [1.82, 2.24) is 15.2 Å². The first-order chi connectivity index (χ1) is 7.31. The lowest BCUT2D eigenvalue weighted by molar-refractivity contribution is 0.0919. The summed E-state index contributed by atoms with van der Waals surface area (Å²) in [7, 11) is 0. The van der Waals surface area contributed by atoms with Gasteiger partial charge in [0.05, 0.1) is 6.61 Å². The SMILES string of the molecule is Cc1nonc1CN(CCO)C1CCC1. The van der Waals surface area contributed by atoms with Gasteiger partial charge in [0.1, 0.15) is 11.4 Å². The zero-order chi connectivity index (χ0) is 10.7. The van der Waals surface area contributed by atoms with Gasteiger partial charge < -0.3 is 5.11 Å². The lowest BCUT2D eigenvalue weighted by atomic mass is 9.91. The number of aliphatic hydroxyl groups excluding tert-OH is 1. The lowest BCUT2D eigenvalue weighted by Gasteiger charge is -2.36. The summed E-state index contributed by atoms with van der Waals surface area (Å²) in [6.07, 6.45) is 3.75. The molecule has 84 valence electrons. The Morgan fingerprint density at radius 2 is 2.27 bits per heavy atom. The molecule has 0 saturated heterocycles. The molecule has 0 radical (unpaired) electrons. The molecule has 1 saturated carbocycles. The van der Waals surface area contributed by atoms with Crippen LogP contribution in [0.15, 0.2) is 4.63 Å². The van der Waals surface area contributed by atoms with E-state index in [1.54, 1.807) is 0 Å². The summed E-state index contributed by atoms with van der Waals surface area (Å²) in [5.41, 5.74) is 1.73. The maximum Gasteiger partial charge on any atom is 0.122 e. The van der Waals surface area contributed by atoms with Crippen LogP contribution in [0, 0.1) is 6.92 Å². The van der Waals surface area contributed by atoms with Crippen LogP contribution in [0.3, 0.4) is 0 Å². The third-order valence-electron chi connectivity index (χ3n) is 3.08. The van der Waals surface area contributed by atoms with Crippen molar-refractivity contribution >= 4 is 0 Å². The van der Waals surface area contributed by atoms with Gasteiger partial charge in [-0.15, -0.1) is 0 Å². The molecule has 5 heteroatoms. The van der Waals surface area contributed by atoms with E-state index in [4.69, 9.17) is 5.11 Å². The average molecular weight is 211 g/mol. The van der Waals surface area contributed by atoms with Crippen molar-refractivity contribution in [3.63, 3.8) is 0 Å². The van der Waals surface area contributed by atoms with Gasteiger partial charge >= 0.3 is 0 Å². The van der Waals surface area contributed by atoms with Crippen LogP contribution in [0.25, 0.3) is 0 Å². The van der Waals surface area contributed by atoms with E-state index in [1.807, 2.05) is 6.92 Å². The van der Waals surface area contributed by atoms with Crippen LogP contribution >= 0.6 is 0 Å². The zero-order valence-corrected chi connectivity index (χ0v) is 9.02. The Morgan fingerprint density at radius 1 is 1.47 bits per heavy atom. The Kier molecular flexibility index (Phi) is 3.33. The first-order valence-electron chi connectivity index (χ1n) is 5.44. The molecular weight excluding hydrogens is 194 g/mol. The summed E-state index contributed by atoms with van der Waals surface area (Å²) >= 11 is 0. The highest BCUT2D eigenvalue weighted by atomic mass is 16.6. The molecule has 0 spiro atoms. The van der Waals surface area contributed by atoms with Gasteiger partial charge in [-0.3, -0.25) is 4.90 Å². The molecule has 1 aromatic heterocycles. The standard InChI is InChI=1S/C10H17N3O2/c1-8-10(12-15-11-8)7-13(5-6-14)9-3-2-4-9/h9,14H,2-7H2,1H3. The molecule has 0 unspecified atom stereocenters. The van der Waals surface area contributed by atoms with E-state index in [0.717, 1.165) is 17.9 Å². The third-order valence-corrected chi connectivity index (χ3v) is 3.08. The van der Waals surface area contributed by atoms with Crippen LogP contribution in [0.4, 0.5) is 0 Å². The Morgan fingerprint density at radius 3 is 2.73 bits per heavy atom. The molecule has 15 heavy (non-hydrogen) atoms. The minimum absolute atomic E-state index is 0.195. The van der Waals surface area contributed by atoms with E-state index in [-0.39, 0.29) is 6.61 Å². The summed E-state index contributed by atoms with van der Waals surface area (Å²) in [6.45, 7) is 3.53. The quantitative estimate of drug-likeness (QED) is 0.777. The highest BCUT2D eigenvalue weighted by Gasteiger charge is 2.25. The van der Waals surface area contributed by atoms with Crippen LogP contribution in [-0.4, -0.2) is 39.5 Å². The number of rotatable bonds is 5. The van der Waals surface area contributed by atoms with E-state index in [9.17, 15) is 0 Å². The van der Waals surface area contributed by atoms with E-state index in [1.165, 1.54) is 19.3 Å². The minimum Gasteiger partial charge on any atom is -0.395 e. The molecule has 0 atom stereocenters. The monoisotopic (exact) mass is 211 g/mol. The predicted molar refractivity (Wildman–Crippen MR) is 54.2 cm³/mol. The molecule has 0 amide bonds. The Bertz CT molecular complexity index is 309. The van der Waals surface area contributed by atoms with E-state index in [2.05, 4.69) is 19.8 Å². The normalized spacial score (nSPS) is 17.0.